The van der Waals surface area contributed by atoms with Gasteiger partial charge in [0.05, 0.1) is 23.4 Å². The van der Waals surface area contributed by atoms with Crippen LogP contribution in [0.25, 0.3) is 22.2 Å². The van der Waals surface area contributed by atoms with Crippen molar-refractivity contribution in [2.24, 2.45) is 0 Å². The summed E-state index contributed by atoms with van der Waals surface area (Å²) in [6.07, 6.45) is 3.57. The zero-order chi connectivity index (χ0) is 17.6. The van der Waals surface area contributed by atoms with Crippen LogP contribution >= 0.6 is 0 Å². The topological polar surface area (TPSA) is 95.3 Å². The highest BCUT2D eigenvalue weighted by atomic mass is 16.5. The van der Waals surface area contributed by atoms with Crippen LogP contribution in [-0.2, 0) is 0 Å². The third-order valence-corrected chi connectivity index (χ3v) is 3.61. The Morgan fingerprint density at radius 1 is 1.20 bits per heavy atom. The van der Waals surface area contributed by atoms with Crippen LogP contribution < -0.4 is 5.48 Å². The second kappa shape index (κ2) is 7.53. The minimum absolute atomic E-state index is 0.0383. The number of hydroxylamine groups is 1. The number of aliphatic hydroxyl groups excluding tert-OH is 1. The van der Waals surface area contributed by atoms with Crippen molar-refractivity contribution in [3.05, 3.63) is 59.9 Å². The number of nitrogens with one attached hydrogen (secondary N) is 1. The van der Waals surface area contributed by atoms with E-state index in [0.717, 1.165) is 11.1 Å². The third-order valence-electron chi connectivity index (χ3n) is 3.61. The van der Waals surface area contributed by atoms with Crippen molar-refractivity contribution in [3.8, 4) is 23.1 Å². The van der Waals surface area contributed by atoms with Crippen LogP contribution in [0.2, 0.25) is 0 Å². The molecule has 1 aromatic carbocycles. The number of carbonyl (C=O) groups is 1. The van der Waals surface area contributed by atoms with Crippen molar-refractivity contribution in [1.29, 1.82) is 0 Å². The predicted molar refractivity (Wildman–Crippen MR) is 92.8 cm³/mol. The quantitative estimate of drug-likeness (QED) is 0.388. The van der Waals surface area contributed by atoms with Crippen molar-refractivity contribution < 1.29 is 15.1 Å². The lowest BCUT2D eigenvalue weighted by Crippen LogP contribution is -2.19. The van der Waals surface area contributed by atoms with E-state index in [4.69, 9.17) is 10.3 Å². The van der Waals surface area contributed by atoms with Gasteiger partial charge in [-0.2, -0.15) is 0 Å². The Morgan fingerprint density at radius 2 is 2.00 bits per heavy atom. The molecule has 25 heavy (non-hydrogen) atoms. The molecule has 0 aliphatic carbocycles. The Balaban J connectivity index is 2.04. The maximum absolute atomic E-state index is 12.0. The van der Waals surface area contributed by atoms with Crippen LogP contribution in [0.1, 0.15) is 22.3 Å². The van der Waals surface area contributed by atoms with E-state index in [1.165, 1.54) is 6.20 Å². The van der Waals surface area contributed by atoms with Crippen LogP contribution in [0.15, 0.2) is 48.8 Å². The molecule has 0 fully saturated rings. The smallest absolute Gasteiger partial charge is 0.275 e. The minimum Gasteiger partial charge on any atom is -0.395 e. The fourth-order valence-electron chi connectivity index (χ4n) is 2.41. The molecule has 124 valence electrons. The van der Waals surface area contributed by atoms with E-state index >= 15 is 0 Å². The summed E-state index contributed by atoms with van der Waals surface area (Å²) in [5.74, 6) is 5.20. The van der Waals surface area contributed by atoms with E-state index in [0.29, 0.717) is 28.6 Å². The predicted octanol–water partition coefficient (Wildman–Crippen LogP) is 2.15. The number of aromatic nitrogens is 2. The summed E-state index contributed by atoms with van der Waals surface area (Å²) in [5, 5.41) is 18.3. The number of hydrogen-bond donors (Lipinski definition) is 3. The van der Waals surface area contributed by atoms with E-state index in [-0.39, 0.29) is 6.61 Å². The summed E-state index contributed by atoms with van der Waals surface area (Å²) in [5.41, 5.74) is 4.81. The molecule has 0 aliphatic heterocycles. The van der Waals surface area contributed by atoms with Gasteiger partial charge in [0.1, 0.15) is 0 Å². The van der Waals surface area contributed by atoms with Gasteiger partial charge in [0.25, 0.3) is 5.91 Å². The molecule has 0 aliphatic rings. The molecule has 2 heterocycles. The van der Waals surface area contributed by atoms with Crippen molar-refractivity contribution in [2.75, 3.05) is 6.61 Å². The van der Waals surface area contributed by atoms with Crippen molar-refractivity contribution in [3.63, 3.8) is 0 Å². The van der Waals surface area contributed by atoms with Crippen LogP contribution in [-0.4, -0.2) is 32.8 Å². The molecule has 3 aromatic rings. The number of fused-ring (bicyclic) bond motifs is 1. The molecule has 0 unspecified atom stereocenters. The van der Waals surface area contributed by atoms with Gasteiger partial charge in [0.2, 0.25) is 0 Å². The van der Waals surface area contributed by atoms with Gasteiger partial charge in [-0.15, -0.1) is 0 Å². The molecular weight excluding hydrogens is 318 g/mol. The average Bonchev–Trinajstić information content (AvgIpc) is 2.67. The first-order valence-corrected chi connectivity index (χ1v) is 7.62. The Bertz CT molecular complexity index is 973. The number of aliphatic hydroxyl groups is 1. The van der Waals surface area contributed by atoms with Gasteiger partial charge in [-0.25, -0.2) is 10.5 Å². The first kappa shape index (κ1) is 16.6. The van der Waals surface area contributed by atoms with Crippen molar-refractivity contribution in [1.82, 2.24) is 15.4 Å². The van der Waals surface area contributed by atoms with E-state index < -0.39 is 5.91 Å². The van der Waals surface area contributed by atoms with Gasteiger partial charge in [-0.1, -0.05) is 24.0 Å². The van der Waals surface area contributed by atoms with Gasteiger partial charge in [-0.3, -0.25) is 15.0 Å². The zero-order valence-electron chi connectivity index (χ0n) is 13.2. The SMILES string of the molecule is O=C(NO)c1cc(-c2ccc(C#CCCO)cc2)nc2ccncc12. The number of nitrogens with zero attached hydrogens (tertiary/aromatic N) is 2. The Labute approximate surface area is 144 Å². The number of amides is 1. The van der Waals surface area contributed by atoms with E-state index in [2.05, 4.69) is 21.8 Å². The molecule has 2 aromatic heterocycles. The Hall–Kier alpha value is -3.27. The van der Waals surface area contributed by atoms with Gasteiger partial charge < -0.3 is 5.11 Å². The van der Waals surface area contributed by atoms with E-state index in [1.54, 1.807) is 23.8 Å². The molecular formula is C19H15N3O3. The summed E-state index contributed by atoms with van der Waals surface area (Å²) in [6.45, 7) is 0.0383. The largest absolute Gasteiger partial charge is 0.395 e. The summed E-state index contributed by atoms with van der Waals surface area (Å²) >= 11 is 0. The normalized spacial score (nSPS) is 10.2. The lowest BCUT2D eigenvalue weighted by molar-refractivity contribution is 0.0708. The summed E-state index contributed by atoms with van der Waals surface area (Å²) in [7, 11) is 0. The summed E-state index contributed by atoms with van der Waals surface area (Å²) in [6, 6.07) is 10.7. The Morgan fingerprint density at radius 3 is 2.72 bits per heavy atom. The molecule has 3 rings (SSSR count). The maximum atomic E-state index is 12.0. The number of rotatable bonds is 3. The Kier molecular flexibility index (Phi) is 5.00. The highest BCUT2D eigenvalue weighted by molar-refractivity contribution is 6.06. The third kappa shape index (κ3) is 3.63. The van der Waals surface area contributed by atoms with Crippen molar-refractivity contribution >= 4 is 16.8 Å². The summed E-state index contributed by atoms with van der Waals surface area (Å²) < 4.78 is 0. The monoisotopic (exact) mass is 333 g/mol. The molecule has 0 atom stereocenters. The lowest BCUT2D eigenvalue weighted by atomic mass is 10.0. The number of pyridine rings is 2. The number of carbonyl (C=O) groups excluding carboxylic acids is 1. The standard InChI is InChI=1S/C19H15N3O3/c23-10-2-1-3-13-4-6-14(7-5-13)18-11-15(19(24)22-25)16-12-20-9-8-17(16)21-18/h4-9,11-12,23,25H,2,10H2,(H,22,24). The molecule has 6 nitrogen and oxygen atoms in total. The van der Waals surface area contributed by atoms with Gasteiger partial charge >= 0.3 is 0 Å². The number of hydrogen-bond acceptors (Lipinski definition) is 5. The van der Waals surface area contributed by atoms with Crippen molar-refractivity contribution in [2.45, 2.75) is 6.42 Å². The average molecular weight is 333 g/mol. The molecule has 3 N–H and O–H groups in total. The fourth-order valence-corrected chi connectivity index (χ4v) is 2.41. The van der Waals surface area contributed by atoms with Crippen LogP contribution in [0.3, 0.4) is 0 Å². The van der Waals surface area contributed by atoms with E-state index in [9.17, 15) is 4.79 Å². The molecule has 0 bridgehead atoms. The van der Waals surface area contributed by atoms with Gasteiger partial charge in [0.15, 0.2) is 0 Å². The summed E-state index contributed by atoms with van der Waals surface area (Å²) in [4.78, 5) is 20.5. The molecule has 0 saturated heterocycles. The second-order valence-corrected chi connectivity index (χ2v) is 5.24. The zero-order valence-corrected chi connectivity index (χ0v) is 13.2. The molecule has 0 radical (unpaired) electrons. The highest BCUT2D eigenvalue weighted by Gasteiger charge is 2.13. The lowest BCUT2D eigenvalue weighted by Gasteiger charge is -2.08. The second-order valence-electron chi connectivity index (χ2n) is 5.24. The number of benzene rings is 1. The highest BCUT2D eigenvalue weighted by Crippen LogP contribution is 2.24. The maximum Gasteiger partial charge on any atom is 0.275 e. The minimum atomic E-state index is -0.617. The first-order valence-electron chi connectivity index (χ1n) is 7.62. The van der Waals surface area contributed by atoms with Gasteiger partial charge in [0, 0.05) is 35.3 Å². The van der Waals surface area contributed by atoms with Crippen LogP contribution in [0.4, 0.5) is 0 Å². The van der Waals surface area contributed by atoms with Gasteiger partial charge in [-0.05, 0) is 24.3 Å². The van der Waals surface area contributed by atoms with E-state index in [1.807, 2.05) is 24.3 Å². The molecule has 1 amide bonds. The fraction of sp³-hybridized carbons (Fsp3) is 0.105. The van der Waals surface area contributed by atoms with Crippen LogP contribution in [0.5, 0.6) is 0 Å². The first-order chi connectivity index (χ1) is 12.2. The van der Waals surface area contributed by atoms with Crippen LogP contribution in [0, 0.1) is 11.8 Å². The molecule has 0 spiro atoms. The molecule has 6 heteroatoms. The molecule has 0 saturated carbocycles.